The SMILES string of the molecule is CC(C)=CCCN1C[C@@H](Cc2ccnc3ccccc23)[C@@H](O)C1. The molecule has 122 valence electrons. The van der Waals surface area contributed by atoms with Gasteiger partial charge in [-0.05, 0) is 44.4 Å². The maximum Gasteiger partial charge on any atom is 0.0710 e. The van der Waals surface area contributed by atoms with Crippen LogP contribution >= 0.6 is 0 Å². The van der Waals surface area contributed by atoms with Crippen molar-refractivity contribution in [3.63, 3.8) is 0 Å². The van der Waals surface area contributed by atoms with Gasteiger partial charge < -0.3 is 10.0 Å². The van der Waals surface area contributed by atoms with Gasteiger partial charge in [-0.25, -0.2) is 0 Å². The van der Waals surface area contributed by atoms with Crippen molar-refractivity contribution in [1.29, 1.82) is 0 Å². The van der Waals surface area contributed by atoms with Gasteiger partial charge in [-0.15, -0.1) is 0 Å². The maximum absolute atomic E-state index is 10.4. The van der Waals surface area contributed by atoms with Gasteiger partial charge in [-0.3, -0.25) is 4.98 Å². The summed E-state index contributed by atoms with van der Waals surface area (Å²) in [5, 5.41) is 11.6. The number of para-hydroxylation sites is 1. The molecule has 2 heterocycles. The van der Waals surface area contributed by atoms with E-state index >= 15 is 0 Å². The second-order valence-corrected chi connectivity index (χ2v) is 6.85. The van der Waals surface area contributed by atoms with E-state index in [0.717, 1.165) is 38.0 Å². The Morgan fingerprint density at radius 3 is 2.91 bits per heavy atom. The van der Waals surface area contributed by atoms with Crippen LogP contribution in [0.5, 0.6) is 0 Å². The number of aliphatic hydroxyl groups excluding tert-OH is 1. The quantitative estimate of drug-likeness (QED) is 0.860. The Morgan fingerprint density at radius 2 is 2.09 bits per heavy atom. The fraction of sp³-hybridized carbons (Fsp3) is 0.450. The Balaban J connectivity index is 1.67. The van der Waals surface area contributed by atoms with E-state index in [2.05, 4.69) is 54.1 Å². The predicted molar refractivity (Wildman–Crippen MR) is 95.4 cm³/mol. The van der Waals surface area contributed by atoms with E-state index < -0.39 is 0 Å². The van der Waals surface area contributed by atoms with Crippen molar-refractivity contribution in [3.8, 4) is 0 Å². The minimum Gasteiger partial charge on any atom is -0.391 e. The molecule has 0 bridgehead atoms. The number of likely N-dealkylation sites (tertiary alicyclic amines) is 1. The third-order valence-electron chi connectivity index (χ3n) is 4.70. The summed E-state index contributed by atoms with van der Waals surface area (Å²) in [6.45, 7) is 7.08. The molecule has 2 aromatic rings. The third kappa shape index (κ3) is 3.98. The van der Waals surface area contributed by atoms with Crippen LogP contribution in [0.15, 0.2) is 48.2 Å². The zero-order valence-electron chi connectivity index (χ0n) is 14.1. The number of rotatable bonds is 5. The summed E-state index contributed by atoms with van der Waals surface area (Å²) >= 11 is 0. The number of hydrogen-bond donors (Lipinski definition) is 1. The highest BCUT2D eigenvalue weighted by atomic mass is 16.3. The van der Waals surface area contributed by atoms with Gasteiger partial charge in [-0.1, -0.05) is 29.8 Å². The molecule has 1 aromatic heterocycles. The topological polar surface area (TPSA) is 36.4 Å². The van der Waals surface area contributed by atoms with E-state index in [1.54, 1.807) is 0 Å². The molecule has 1 N–H and O–H groups in total. The summed E-state index contributed by atoms with van der Waals surface area (Å²) in [4.78, 5) is 6.82. The Morgan fingerprint density at radius 1 is 1.26 bits per heavy atom. The molecule has 0 amide bonds. The van der Waals surface area contributed by atoms with Crippen molar-refractivity contribution >= 4 is 10.9 Å². The van der Waals surface area contributed by atoms with Crippen LogP contribution < -0.4 is 0 Å². The molecule has 2 atom stereocenters. The molecule has 1 fully saturated rings. The molecule has 0 spiro atoms. The fourth-order valence-corrected chi connectivity index (χ4v) is 3.48. The lowest BCUT2D eigenvalue weighted by Crippen LogP contribution is -2.22. The van der Waals surface area contributed by atoms with Crippen LogP contribution in [0.4, 0.5) is 0 Å². The lowest BCUT2D eigenvalue weighted by molar-refractivity contribution is 0.142. The average molecular weight is 310 g/mol. The summed E-state index contributed by atoms with van der Waals surface area (Å²) in [7, 11) is 0. The molecule has 23 heavy (non-hydrogen) atoms. The lowest BCUT2D eigenvalue weighted by atomic mass is 9.94. The molecule has 0 saturated carbocycles. The second-order valence-electron chi connectivity index (χ2n) is 6.85. The number of pyridine rings is 1. The van der Waals surface area contributed by atoms with Crippen molar-refractivity contribution < 1.29 is 5.11 Å². The molecule has 3 rings (SSSR count). The van der Waals surface area contributed by atoms with Crippen LogP contribution in [0.25, 0.3) is 10.9 Å². The van der Waals surface area contributed by atoms with Gasteiger partial charge in [-0.2, -0.15) is 0 Å². The Hall–Kier alpha value is -1.71. The molecule has 1 aliphatic rings. The first-order chi connectivity index (χ1) is 11.1. The molecule has 0 aliphatic carbocycles. The van der Waals surface area contributed by atoms with E-state index in [1.807, 2.05) is 12.3 Å². The third-order valence-corrected chi connectivity index (χ3v) is 4.70. The molecular formula is C20H26N2O. The van der Waals surface area contributed by atoms with E-state index in [4.69, 9.17) is 0 Å². The number of aromatic nitrogens is 1. The molecule has 1 saturated heterocycles. The van der Waals surface area contributed by atoms with E-state index in [0.29, 0.717) is 5.92 Å². The van der Waals surface area contributed by atoms with Crippen molar-refractivity contribution in [2.45, 2.75) is 32.8 Å². The molecule has 1 aliphatic heterocycles. The van der Waals surface area contributed by atoms with Gasteiger partial charge in [0.2, 0.25) is 0 Å². The number of benzene rings is 1. The van der Waals surface area contributed by atoms with Gasteiger partial charge in [0.1, 0.15) is 0 Å². The van der Waals surface area contributed by atoms with E-state index in [1.165, 1.54) is 16.5 Å². The Bertz CT molecular complexity index is 686. The van der Waals surface area contributed by atoms with E-state index in [9.17, 15) is 5.11 Å². The molecular weight excluding hydrogens is 284 g/mol. The lowest BCUT2D eigenvalue weighted by Gasteiger charge is -2.15. The standard InChI is InChI=1S/C20H26N2O/c1-15(2)6-5-11-22-13-17(20(23)14-22)12-16-9-10-21-19-8-4-3-7-18(16)19/h3-4,6-10,17,20,23H,5,11-14H2,1-2H3/t17-,20+/m1/s1. The van der Waals surface area contributed by atoms with Crippen LogP contribution in [0.3, 0.4) is 0 Å². The van der Waals surface area contributed by atoms with Crippen LogP contribution in [0, 0.1) is 5.92 Å². The maximum atomic E-state index is 10.4. The van der Waals surface area contributed by atoms with Crippen LogP contribution in [0.2, 0.25) is 0 Å². The zero-order valence-corrected chi connectivity index (χ0v) is 14.1. The first-order valence-electron chi connectivity index (χ1n) is 8.50. The smallest absolute Gasteiger partial charge is 0.0710 e. The van der Waals surface area contributed by atoms with Gasteiger partial charge in [0.25, 0.3) is 0 Å². The van der Waals surface area contributed by atoms with Crippen LogP contribution in [-0.4, -0.2) is 40.7 Å². The van der Waals surface area contributed by atoms with Gasteiger partial charge in [0, 0.05) is 37.1 Å². The van der Waals surface area contributed by atoms with Crippen molar-refractivity contribution in [2.75, 3.05) is 19.6 Å². The first-order valence-corrected chi connectivity index (χ1v) is 8.50. The number of fused-ring (bicyclic) bond motifs is 1. The number of nitrogens with zero attached hydrogens (tertiary/aromatic N) is 2. The largest absolute Gasteiger partial charge is 0.391 e. The van der Waals surface area contributed by atoms with Crippen LogP contribution in [-0.2, 0) is 6.42 Å². The summed E-state index contributed by atoms with van der Waals surface area (Å²) in [5.41, 5.74) is 3.70. The minimum absolute atomic E-state index is 0.228. The van der Waals surface area contributed by atoms with Crippen molar-refractivity contribution in [2.24, 2.45) is 5.92 Å². The molecule has 1 aromatic carbocycles. The van der Waals surface area contributed by atoms with Crippen LogP contribution in [0.1, 0.15) is 25.8 Å². The Labute approximate surface area is 138 Å². The number of hydrogen-bond acceptors (Lipinski definition) is 3. The number of aliphatic hydroxyl groups is 1. The minimum atomic E-state index is -0.228. The second kappa shape index (κ2) is 7.24. The zero-order chi connectivity index (χ0) is 16.2. The molecule has 0 radical (unpaired) electrons. The predicted octanol–water partition coefficient (Wildman–Crippen LogP) is 3.43. The summed E-state index contributed by atoms with van der Waals surface area (Å²) < 4.78 is 0. The average Bonchev–Trinajstić information content (AvgIpc) is 2.87. The van der Waals surface area contributed by atoms with Crippen molar-refractivity contribution in [1.82, 2.24) is 9.88 Å². The van der Waals surface area contributed by atoms with Gasteiger partial charge in [0.05, 0.1) is 11.6 Å². The first kappa shape index (κ1) is 16.2. The Kier molecular flexibility index (Phi) is 5.09. The van der Waals surface area contributed by atoms with E-state index in [-0.39, 0.29) is 6.10 Å². The molecule has 3 heteroatoms. The highest BCUT2D eigenvalue weighted by Gasteiger charge is 2.31. The van der Waals surface area contributed by atoms with Gasteiger partial charge in [0.15, 0.2) is 0 Å². The summed E-state index contributed by atoms with van der Waals surface area (Å²) in [5.74, 6) is 0.313. The monoisotopic (exact) mass is 310 g/mol. The fourth-order valence-electron chi connectivity index (χ4n) is 3.48. The number of allylic oxidation sites excluding steroid dienone is 1. The van der Waals surface area contributed by atoms with Crippen molar-refractivity contribution in [3.05, 3.63) is 53.7 Å². The normalized spacial score (nSPS) is 21.7. The molecule has 3 nitrogen and oxygen atoms in total. The molecule has 0 unspecified atom stereocenters. The summed E-state index contributed by atoms with van der Waals surface area (Å²) in [6.07, 6.45) is 5.92. The summed E-state index contributed by atoms with van der Waals surface area (Å²) in [6, 6.07) is 10.4. The van der Waals surface area contributed by atoms with Gasteiger partial charge >= 0.3 is 0 Å². The number of β-amino-alcohol motifs (C(OH)–C–C–N with tert-alkyl or cyclic N) is 1. The highest BCUT2D eigenvalue weighted by Crippen LogP contribution is 2.25. The highest BCUT2D eigenvalue weighted by molar-refractivity contribution is 5.81.